The molecule has 1 aliphatic heterocycles. The molecule has 3 N–H and O–H groups in total. The smallest absolute Gasteiger partial charge is 0.161 e. The Kier molecular flexibility index (Phi) is 3.31. The van der Waals surface area contributed by atoms with Crippen molar-refractivity contribution in [3.8, 4) is 0 Å². The molecule has 19 heavy (non-hydrogen) atoms. The molecule has 1 aromatic carbocycles. The summed E-state index contributed by atoms with van der Waals surface area (Å²) in [6.45, 7) is 1.86. The maximum atomic E-state index is 5.62. The molecule has 5 heteroatoms. The summed E-state index contributed by atoms with van der Waals surface area (Å²) in [7, 11) is 0. The Morgan fingerprint density at radius 3 is 2.58 bits per heavy atom. The summed E-state index contributed by atoms with van der Waals surface area (Å²) in [4.78, 5) is 4.55. The summed E-state index contributed by atoms with van der Waals surface area (Å²) >= 11 is 0. The predicted octanol–water partition coefficient (Wildman–Crippen LogP) is 1.36. The van der Waals surface area contributed by atoms with E-state index in [1.54, 1.807) is 0 Å². The zero-order chi connectivity index (χ0) is 13.1. The van der Waals surface area contributed by atoms with Crippen LogP contribution in [0.1, 0.15) is 30.1 Å². The van der Waals surface area contributed by atoms with E-state index in [1.807, 2.05) is 6.07 Å². The van der Waals surface area contributed by atoms with E-state index >= 15 is 0 Å². The van der Waals surface area contributed by atoms with Gasteiger partial charge in [0.1, 0.15) is 5.82 Å². The van der Waals surface area contributed by atoms with Crippen molar-refractivity contribution in [2.24, 2.45) is 5.73 Å². The van der Waals surface area contributed by atoms with Gasteiger partial charge in [0.05, 0.1) is 12.0 Å². The molecule has 0 atom stereocenters. The molecule has 2 aromatic rings. The van der Waals surface area contributed by atoms with Crippen LogP contribution in [-0.2, 0) is 16.7 Å². The first-order valence-electron chi connectivity index (χ1n) is 6.60. The molecule has 0 spiro atoms. The van der Waals surface area contributed by atoms with Gasteiger partial charge >= 0.3 is 0 Å². The highest BCUT2D eigenvalue weighted by molar-refractivity contribution is 5.33. The van der Waals surface area contributed by atoms with Gasteiger partial charge in [0.25, 0.3) is 0 Å². The maximum Gasteiger partial charge on any atom is 0.161 e. The van der Waals surface area contributed by atoms with Gasteiger partial charge in [-0.25, -0.2) is 4.98 Å². The maximum absolute atomic E-state index is 5.62. The molecule has 1 aromatic heterocycles. The van der Waals surface area contributed by atoms with Crippen LogP contribution in [0.3, 0.4) is 0 Å². The van der Waals surface area contributed by atoms with Gasteiger partial charge in [-0.05, 0) is 18.4 Å². The Balaban J connectivity index is 2.06. The molecule has 2 heterocycles. The molecule has 0 unspecified atom stereocenters. The van der Waals surface area contributed by atoms with Crippen molar-refractivity contribution in [2.45, 2.75) is 24.8 Å². The summed E-state index contributed by atoms with van der Waals surface area (Å²) in [5.41, 5.74) is 6.72. The lowest BCUT2D eigenvalue weighted by Crippen LogP contribution is -2.36. The fourth-order valence-corrected chi connectivity index (χ4v) is 2.72. The van der Waals surface area contributed by atoms with Gasteiger partial charge < -0.3 is 10.5 Å². The number of hydrogen-bond donors (Lipinski definition) is 2. The van der Waals surface area contributed by atoms with Crippen LogP contribution >= 0.6 is 0 Å². The van der Waals surface area contributed by atoms with Crippen LogP contribution in [0.5, 0.6) is 0 Å². The van der Waals surface area contributed by atoms with Gasteiger partial charge in [-0.3, -0.25) is 5.10 Å². The molecule has 0 saturated carbocycles. The molecule has 1 aliphatic rings. The van der Waals surface area contributed by atoms with Crippen molar-refractivity contribution in [3.63, 3.8) is 0 Å². The average Bonchev–Trinajstić information content (AvgIpc) is 2.98. The summed E-state index contributed by atoms with van der Waals surface area (Å²) in [5, 5.41) is 7.31. The van der Waals surface area contributed by atoms with E-state index in [1.165, 1.54) is 5.56 Å². The van der Waals surface area contributed by atoms with E-state index < -0.39 is 0 Å². The van der Waals surface area contributed by atoms with E-state index in [9.17, 15) is 0 Å². The minimum atomic E-state index is -0.149. The van der Waals surface area contributed by atoms with Crippen molar-refractivity contribution < 1.29 is 4.74 Å². The Morgan fingerprint density at radius 2 is 1.95 bits per heavy atom. The Labute approximate surface area is 112 Å². The van der Waals surface area contributed by atoms with Crippen LogP contribution in [0.25, 0.3) is 0 Å². The van der Waals surface area contributed by atoms with E-state index in [-0.39, 0.29) is 5.41 Å². The first kappa shape index (κ1) is 12.3. The third-order valence-electron chi connectivity index (χ3n) is 3.83. The normalized spacial score (nSPS) is 18.4. The SMILES string of the molecule is NCc1nc(C2(c3ccccc3)CCOCC2)n[nH]1. The summed E-state index contributed by atoms with van der Waals surface area (Å²) < 4.78 is 5.51. The molecular weight excluding hydrogens is 240 g/mol. The second kappa shape index (κ2) is 5.11. The molecule has 5 nitrogen and oxygen atoms in total. The number of rotatable bonds is 3. The second-order valence-electron chi connectivity index (χ2n) is 4.87. The van der Waals surface area contributed by atoms with Crippen LogP contribution in [0.15, 0.2) is 30.3 Å². The zero-order valence-electron chi connectivity index (χ0n) is 10.8. The quantitative estimate of drug-likeness (QED) is 0.871. The monoisotopic (exact) mass is 258 g/mol. The molecule has 1 saturated heterocycles. The fourth-order valence-electron chi connectivity index (χ4n) is 2.72. The third kappa shape index (κ3) is 2.15. The highest BCUT2D eigenvalue weighted by Gasteiger charge is 2.39. The van der Waals surface area contributed by atoms with Crippen molar-refractivity contribution in [3.05, 3.63) is 47.5 Å². The number of H-pyrrole nitrogens is 1. The Morgan fingerprint density at radius 1 is 1.21 bits per heavy atom. The molecule has 1 fully saturated rings. The van der Waals surface area contributed by atoms with E-state index in [0.29, 0.717) is 6.54 Å². The Bertz CT molecular complexity index is 531. The average molecular weight is 258 g/mol. The summed E-state index contributed by atoms with van der Waals surface area (Å²) in [6, 6.07) is 10.4. The van der Waals surface area contributed by atoms with Gasteiger partial charge in [-0.2, -0.15) is 5.10 Å². The lowest BCUT2D eigenvalue weighted by molar-refractivity contribution is 0.0605. The molecule has 3 rings (SSSR count). The highest BCUT2D eigenvalue weighted by atomic mass is 16.5. The molecular formula is C14H18N4O. The van der Waals surface area contributed by atoms with Gasteiger partial charge in [0.2, 0.25) is 0 Å². The van der Waals surface area contributed by atoms with Crippen molar-refractivity contribution >= 4 is 0 Å². The van der Waals surface area contributed by atoms with Crippen LogP contribution in [-0.4, -0.2) is 28.4 Å². The summed E-state index contributed by atoms with van der Waals surface area (Å²) in [6.07, 6.45) is 1.80. The fraction of sp³-hybridized carbons (Fsp3) is 0.429. The van der Waals surface area contributed by atoms with Crippen LogP contribution in [0, 0.1) is 0 Å². The third-order valence-corrected chi connectivity index (χ3v) is 3.83. The molecule has 0 radical (unpaired) electrons. The number of benzene rings is 1. The van der Waals surface area contributed by atoms with Crippen molar-refractivity contribution in [2.75, 3.05) is 13.2 Å². The molecule has 100 valence electrons. The molecule has 0 aliphatic carbocycles. The zero-order valence-corrected chi connectivity index (χ0v) is 10.8. The predicted molar refractivity (Wildman–Crippen MR) is 71.5 cm³/mol. The van der Waals surface area contributed by atoms with Gasteiger partial charge in [0.15, 0.2) is 5.82 Å². The number of nitrogens with two attached hydrogens (primary N) is 1. The van der Waals surface area contributed by atoms with Crippen LogP contribution in [0.4, 0.5) is 0 Å². The number of nitrogens with zero attached hydrogens (tertiary/aromatic N) is 2. The van der Waals surface area contributed by atoms with Gasteiger partial charge in [0, 0.05) is 13.2 Å². The first-order valence-corrected chi connectivity index (χ1v) is 6.60. The minimum Gasteiger partial charge on any atom is -0.381 e. The van der Waals surface area contributed by atoms with Gasteiger partial charge in [-0.15, -0.1) is 0 Å². The number of ether oxygens (including phenoxy) is 1. The highest BCUT2D eigenvalue weighted by Crippen LogP contribution is 2.39. The number of hydrogen-bond acceptors (Lipinski definition) is 4. The summed E-state index contributed by atoms with van der Waals surface area (Å²) in [5.74, 6) is 1.57. The standard InChI is InChI=1S/C14H18N4O/c15-10-12-16-13(18-17-12)14(6-8-19-9-7-14)11-4-2-1-3-5-11/h1-5H,6-10,15H2,(H,16,17,18). The minimum absolute atomic E-state index is 0.149. The number of aromatic amines is 1. The number of aromatic nitrogens is 3. The topological polar surface area (TPSA) is 76.8 Å². The largest absolute Gasteiger partial charge is 0.381 e. The first-order chi connectivity index (χ1) is 9.35. The van der Waals surface area contributed by atoms with E-state index in [2.05, 4.69) is 39.4 Å². The van der Waals surface area contributed by atoms with Crippen molar-refractivity contribution in [1.82, 2.24) is 15.2 Å². The lowest BCUT2D eigenvalue weighted by Gasteiger charge is -2.35. The number of nitrogens with one attached hydrogen (secondary N) is 1. The van der Waals surface area contributed by atoms with Crippen molar-refractivity contribution in [1.29, 1.82) is 0 Å². The molecule has 0 amide bonds. The second-order valence-corrected chi connectivity index (χ2v) is 4.87. The lowest BCUT2D eigenvalue weighted by atomic mass is 9.73. The van der Waals surface area contributed by atoms with E-state index in [4.69, 9.17) is 10.5 Å². The molecule has 0 bridgehead atoms. The van der Waals surface area contributed by atoms with Crippen LogP contribution in [0.2, 0.25) is 0 Å². The Hall–Kier alpha value is -1.72. The van der Waals surface area contributed by atoms with E-state index in [0.717, 1.165) is 37.7 Å². The van der Waals surface area contributed by atoms with Crippen LogP contribution < -0.4 is 5.73 Å². The van der Waals surface area contributed by atoms with Gasteiger partial charge in [-0.1, -0.05) is 30.3 Å².